The molecule has 0 bridgehead atoms. The van der Waals surface area contributed by atoms with Crippen molar-refractivity contribution < 1.29 is 4.74 Å². The molecule has 126 valence electrons. The number of hydrogen-bond acceptors (Lipinski definition) is 6. The van der Waals surface area contributed by atoms with Gasteiger partial charge in [0.15, 0.2) is 5.82 Å². The molecule has 3 heterocycles. The first-order chi connectivity index (χ1) is 11.2. The molecule has 0 spiro atoms. The van der Waals surface area contributed by atoms with E-state index in [9.17, 15) is 0 Å². The van der Waals surface area contributed by atoms with Crippen LogP contribution in [-0.4, -0.2) is 64.9 Å². The van der Waals surface area contributed by atoms with Crippen molar-refractivity contribution in [1.29, 1.82) is 0 Å². The molecule has 1 aliphatic rings. The number of ether oxygens (including phenoxy) is 1. The molecule has 2 aromatic heterocycles. The fourth-order valence-electron chi connectivity index (χ4n) is 2.74. The van der Waals surface area contributed by atoms with Crippen LogP contribution in [0.15, 0.2) is 16.8 Å². The van der Waals surface area contributed by atoms with Crippen LogP contribution < -0.4 is 0 Å². The Morgan fingerprint density at radius 1 is 1.26 bits per heavy atom. The summed E-state index contributed by atoms with van der Waals surface area (Å²) in [4.78, 5) is 4.61. The van der Waals surface area contributed by atoms with Gasteiger partial charge in [-0.15, -0.1) is 10.2 Å². The van der Waals surface area contributed by atoms with Crippen molar-refractivity contribution in [2.75, 3.05) is 40.3 Å². The van der Waals surface area contributed by atoms with Crippen molar-refractivity contribution >= 4 is 11.3 Å². The molecule has 23 heavy (non-hydrogen) atoms. The highest BCUT2D eigenvalue weighted by Gasteiger charge is 2.18. The van der Waals surface area contributed by atoms with E-state index in [0.717, 1.165) is 57.4 Å². The van der Waals surface area contributed by atoms with Crippen LogP contribution in [0.25, 0.3) is 0 Å². The quantitative estimate of drug-likeness (QED) is 0.717. The van der Waals surface area contributed by atoms with Crippen LogP contribution in [0.3, 0.4) is 0 Å². The van der Waals surface area contributed by atoms with E-state index >= 15 is 0 Å². The van der Waals surface area contributed by atoms with E-state index in [1.165, 1.54) is 5.56 Å². The zero-order chi connectivity index (χ0) is 16.1. The average molecular weight is 335 g/mol. The first-order valence-electron chi connectivity index (χ1n) is 8.09. The van der Waals surface area contributed by atoms with Crippen LogP contribution in [0.1, 0.15) is 17.2 Å². The molecule has 0 amide bonds. The standard InChI is InChI=1S/C16H25N5OS/c1-19(2)8-9-22-12-16-18-17-15-3-5-20(6-7-21(15)16)11-14-4-10-23-13-14/h4,10,13H,3,5-9,11-12H2,1-2H3. The van der Waals surface area contributed by atoms with Crippen LogP contribution in [0.5, 0.6) is 0 Å². The highest BCUT2D eigenvalue weighted by molar-refractivity contribution is 7.07. The molecule has 0 fully saturated rings. The van der Waals surface area contributed by atoms with Gasteiger partial charge in [-0.25, -0.2) is 0 Å². The van der Waals surface area contributed by atoms with Gasteiger partial charge >= 0.3 is 0 Å². The maximum absolute atomic E-state index is 5.73. The molecule has 3 rings (SSSR count). The minimum atomic E-state index is 0.547. The molecular formula is C16H25N5OS. The van der Waals surface area contributed by atoms with E-state index in [2.05, 4.69) is 55.5 Å². The SMILES string of the molecule is CN(C)CCOCc1nnc2n1CCN(Cc1ccsc1)CC2. The summed E-state index contributed by atoms with van der Waals surface area (Å²) in [5, 5.41) is 13.0. The largest absolute Gasteiger partial charge is 0.372 e. The molecule has 0 unspecified atom stereocenters. The van der Waals surface area contributed by atoms with Gasteiger partial charge in [0.25, 0.3) is 0 Å². The molecule has 0 aromatic carbocycles. The number of hydrogen-bond donors (Lipinski definition) is 0. The number of thiophene rings is 1. The van der Waals surface area contributed by atoms with Crippen molar-refractivity contribution in [3.8, 4) is 0 Å². The average Bonchev–Trinajstić information content (AvgIpc) is 3.12. The van der Waals surface area contributed by atoms with E-state index < -0.39 is 0 Å². The van der Waals surface area contributed by atoms with E-state index in [-0.39, 0.29) is 0 Å². The van der Waals surface area contributed by atoms with Crippen LogP contribution in [0.4, 0.5) is 0 Å². The third-order valence-corrected chi connectivity index (χ3v) is 4.83. The Balaban J connectivity index is 1.53. The van der Waals surface area contributed by atoms with Gasteiger partial charge in [0.2, 0.25) is 0 Å². The topological polar surface area (TPSA) is 46.4 Å². The van der Waals surface area contributed by atoms with Gasteiger partial charge in [0.1, 0.15) is 12.4 Å². The van der Waals surface area contributed by atoms with Gasteiger partial charge in [-0.3, -0.25) is 4.90 Å². The summed E-state index contributed by atoms with van der Waals surface area (Å²) in [6, 6.07) is 2.21. The summed E-state index contributed by atoms with van der Waals surface area (Å²) in [6.07, 6.45) is 0.953. The van der Waals surface area contributed by atoms with Crippen LogP contribution in [0.2, 0.25) is 0 Å². The predicted molar refractivity (Wildman–Crippen MR) is 91.5 cm³/mol. The van der Waals surface area contributed by atoms with E-state index in [1.807, 2.05) is 0 Å². The fraction of sp³-hybridized carbons (Fsp3) is 0.625. The van der Waals surface area contributed by atoms with Crippen LogP contribution in [-0.2, 0) is 30.9 Å². The summed E-state index contributed by atoms with van der Waals surface area (Å²) in [6.45, 7) is 6.23. The summed E-state index contributed by atoms with van der Waals surface area (Å²) in [7, 11) is 4.10. The lowest BCUT2D eigenvalue weighted by Crippen LogP contribution is -2.26. The summed E-state index contributed by atoms with van der Waals surface area (Å²) in [5.41, 5.74) is 1.40. The van der Waals surface area contributed by atoms with Gasteiger partial charge in [-0.2, -0.15) is 11.3 Å². The number of rotatable bonds is 7. The van der Waals surface area contributed by atoms with E-state index in [0.29, 0.717) is 6.61 Å². The van der Waals surface area contributed by atoms with Gasteiger partial charge in [-0.05, 0) is 36.5 Å². The molecule has 0 radical (unpaired) electrons. The molecular weight excluding hydrogens is 310 g/mol. The third kappa shape index (κ3) is 4.60. The van der Waals surface area contributed by atoms with Gasteiger partial charge < -0.3 is 14.2 Å². The molecule has 0 aliphatic carbocycles. The normalized spacial score (nSPS) is 15.8. The van der Waals surface area contributed by atoms with Crippen LogP contribution >= 0.6 is 11.3 Å². The smallest absolute Gasteiger partial charge is 0.159 e. The second-order valence-electron chi connectivity index (χ2n) is 6.20. The number of aromatic nitrogens is 3. The molecule has 0 saturated carbocycles. The molecule has 0 saturated heterocycles. The summed E-state index contributed by atoms with van der Waals surface area (Å²) in [5.74, 6) is 2.04. The Hall–Kier alpha value is -1.28. The minimum absolute atomic E-state index is 0.547. The van der Waals surface area contributed by atoms with Crippen molar-refractivity contribution in [2.45, 2.75) is 26.1 Å². The lowest BCUT2D eigenvalue weighted by Gasteiger charge is -2.18. The molecule has 7 heteroatoms. The molecule has 2 aromatic rings. The molecule has 0 N–H and O–H groups in total. The van der Waals surface area contributed by atoms with E-state index in [4.69, 9.17) is 4.74 Å². The van der Waals surface area contributed by atoms with Crippen molar-refractivity contribution in [3.63, 3.8) is 0 Å². The molecule has 1 aliphatic heterocycles. The molecule has 0 atom stereocenters. The van der Waals surface area contributed by atoms with Crippen molar-refractivity contribution in [2.24, 2.45) is 0 Å². The number of nitrogens with zero attached hydrogens (tertiary/aromatic N) is 5. The minimum Gasteiger partial charge on any atom is -0.372 e. The van der Waals surface area contributed by atoms with E-state index in [1.54, 1.807) is 11.3 Å². The first-order valence-corrected chi connectivity index (χ1v) is 9.03. The predicted octanol–water partition coefficient (Wildman–Crippen LogP) is 1.48. The Morgan fingerprint density at radius 3 is 2.96 bits per heavy atom. The second-order valence-corrected chi connectivity index (χ2v) is 6.98. The molecule has 6 nitrogen and oxygen atoms in total. The van der Waals surface area contributed by atoms with Gasteiger partial charge in [0, 0.05) is 39.1 Å². The first kappa shape index (κ1) is 16.6. The third-order valence-electron chi connectivity index (χ3n) is 4.10. The Labute approximate surface area is 141 Å². The Bertz CT molecular complexity index is 596. The zero-order valence-electron chi connectivity index (χ0n) is 13.9. The number of likely N-dealkylation sites (N-methyl/N-ethyl adjacent to an activating group) is 1. The van der Waals surface area contributed by atoms with Crippen LogP contribution in [0, 0.1) is 0 Å². The lowest BCUT2D eigenvalue weighted by atomic mass is 10.3. The summed E-state index contributed by atoms with van der Waals surface area (Å²) < 4.78 is 7.97. The van der Waals surface area contributed by atoms with Gasteiger partial charge in [0.05, 0.1) is 6.61 Å². The van der Waals surface area contributed by atoms with Crippen molar-refractivity contribution in [1.82, 2.24) is 24.6 Å². The lowest BCUT2D eigenvalue weighted by molar-refractivity contribution is 0.0978. The maximum Gasteiger partial charge on any atom is 0.159 e. The Morgan fingerprint density at radius 2 is 2.17 bits per heavy atom. The maximum atomic E-state index is 5.73. The second kappa shape index (κ2) is 8.01. The number of fused-ring (bicyclic) bond motifs is 1. The zero-order valence-corrected chi connectivity index (χ0v) is 14.8. The van der Waals surface area contributed by atoms with Crippen molar-refractivity contribution in [3.05, 3.63) is 34.0 Å². The highest BCUT2D eigenvalue weighted by Crippen LogP contribution is 2.14. The monoisotopic (exact) mass is 335 g/mol. The fourth-order valence-corrected chi connectivity index (χ4v) is 3.40. The van der Waals surface area contributed by atoms with Gasteiger partial charge in [-0.1, -0.05) is 0 Å². The Kier molecular flexibility index (Phi) is 5.77. The summed E-state index contributed by atoms with van der Waals surface area (Å²) >= 11 is 1.76. The highest BCUT2D eigenvalue weighted by atomic mass is 32.1.